The van der Waals surface area contributed by atoms with Crippen LogP contribution in [0, 0.1) is 0 Å². The monoisotopic (exact) mass is 366 g/mol. The van der Waals surface area contributed by atoms with Crippen molar-refractivity contribution in [1.29, 1.82) is 0 Å². The molecule has 0 radical (unpaired) electrons. The molecule has 0 atom stereocenters. The number of nitrogens with zero attached hydrogens (tertiary/aromatic N) is 2. The van der Waals surface area contributed by atoms with Gasteiger partial charge < -0.3 is 10.2 Å². The molecule has 1 saturated heterocycles. The van der Waals surface area contributed by atoms with E-state index in [4.69, 9.17) is 0 Å². The number of hydrogen-bond acceptors (Lipinski definition) is 4. The Labute approximate surface area is 154 Å². The van der Waals surface area contributed by atoms with Gasteiger partial charge in [-0.25, -0.2) is 0 Å². The summed E-state index contributed by atoms with van der Waals surface area (Å²) in [5, 5.41) is 11.8. The van der Waals surface area contributed by atoms with E-state index in [0.717, 1.165) is 35.6 Å². The smallest absolute Gasteiger partial charge is 0.256 e. The molecule has 3 aromatic rings. The van der Waals surface area contributed by atoms with E-state index >= 15 is 0 Å². The van der Waals surface area contributed by atoms with Gasteiger partial charge in [0.1, 0.15) is 0 Å². The first-order chi connectivity index (χ1) is 12.7. The fourth-order valence-electron chi connectivity index (χ4n) is 3.00. The Morgan fingerprint density at radius 3 is 2.77 bits per heavy atom. The van der Waals surface area contributed by atoms with Crippen LogP contribution in [0.3, 0.4) is 0 Å². The average Bonchev–Trinajstić information content (AvgIpc) is 3.34. The highest BCUT2D eigenvalue weighted by Crippen LogP contribution is 2.25. The van der Waals surface area contributed by atoms with E-state index in [-0.39, 0.29) is 11.8 Å². The van der Waals surface area contributed by atoms with Crippen molar-refractivity contribution in [2.45, 2.75) is 19.3 Å². The van der Waals surface area contributed by atoms with Crippen molar-refractivity contribution in [1.82, 2.24) is 10.2 Å². The lowest BCUT2D eigenvalue weighted by Crippen LogP contribution is -2.35. The molecule has 1 aliphatic heterocycles. The van der Waals surface area contributed by atoms with E-state index in [1.807, 2.05) is 35.7 Å². The minimum Gasteiger partial charge on any atom is -0.312 e. The molecule has 1 fully saturated rings. The molecule has 6 nitrogen and oxygen atoms in total. The van der Waals surface area contributed by atoms with Crippen molar-refractivity contribution in [3.05, 3.63) is 53.4 Å². The molecule has 2 N–H and O–H groups in total. The second-order valence-corrected chi connectivity index (χ2v) is 7.10. The molecule has 7 heteroatoms. The number of H-pyrrole nitrogens is 1. The van der Waals surface area contributed by atoms with Crippen LogP contribution in [0.1, 0.15) is 29.6 Å². The summed E-state index contributed by atoms with van der Waals surface area (Å²) in [5.41, 5.74) is 2.24. The molecular weight excluding hydrogens is 348 g/mol. The summed E-state index contributed by atoms with van der Waals surface area (Å²) in [7, 11) is 0. The van der Waals surface area contributed by atoms with Crippen LogP contribution >= 0.6 is 11.3 Å². The quantitative estimate of drug-likeness (QED) is 0.735. The van der Waals surface area contributed by atoms with Crippen LogP contribution < -0.4 is 10.2 Å². The van der Waals surface area contributed by atoms with Crippen molar-refractivity contribution >= 4 is 34.7 Å². The predicted octanol–water partition coefficient (Wildman–Crippen LogP) is 3.91. The number of aromatic amines is 1. The summed E-state index contributed by atoms with van der Waals surface area (Å²) in [6.45, 7) is 0.739. The van der Waals surface area contributed by atoms with Gasteiger partial charge in [0, 0.05) is 30.3 Å². The Morgan fingerprint density at radius 1 is 1.19 bits per heavy atom. The number of thiophene rings is 1. The van der Waals surface area contributed by atoms with Gasteiger partial charge in [-0.15, -0.1) is 11.3 Å². The number of aromatic nitrogens is 2. The molecule has 1 aliphatic rings. The Morgan fingerprint density at radius 2 is 2.04 bits per heavy atom. The Kier molecular flexibility index (Phi) is 4.53. The summed E-state index contributed by atoms with van der Waals surface area (Å²) in [4.78, 5) is 27.3. The highest BCUT2D eigenvalue weighted by molar-refractivity contribution is 7.13. The predicted molar refractivity (Wildman–Crippen MR) is 102 cm³/mol. The van der Waals surface area contributed by atoms with E-state index in [2.05, 4.69) is 15.5 Å². The third-order valence-electron chi connectivity index (χ3n) is 4.37. The van der Waals surface area contributed by atoms with Crippen molar-refractivity contribution in [3.63, 3.8) is 0 Å². The van der Waals surface area contributed by atoms with E-state index in [1.54, 1.807) is 28.4 Å². The van der Waals surface area contributed by atoms with Gasteiger partial charge in [-0.05, 0) is 48.6 Å². The molecule has 0 aliphatic carbocycles. The molecule has 0 bridgehead atoms. The number of anilines is 2. The minimum absolute atomic E-state index is 0.145. The largest absolute Gasteiger partial charge is 0.312 e. The number of piperidine rings is 1. The molecule has 132 valence electrons. The maximum Gasteiger partial charge on any atom is 0.256 e. The second kappa shape index (κ2) is 7.13. The Hall–Kier alpha value is -2.93. The lowest BCUT2D eigenvalue weighted by molar-refractivity contribution is -0.119. The van der Waals surface area contributed by atoms with Gasteiger partial charge in [-0.2, -0.15) is 5.10 Å². The lowest BCUT2D eigenvalue weighted by Gasteiger charge is -2.26. The highest BCUT2D eigenvalue weighted by atomic mass is 32.1. The number of hydrogen-bond donors (Lipinski definition) is 2. The molecule has 3 heterocycles. The number of carbonyl (C=O) groups excluding carboxylic acids is 2. The molecule has 0 unspecified atom stereocenters. The maximum absolute atomic E-state index is 12.4. The molecule has 2 aromatic heterocycles. The van der Waals surface area contributed by atoms with Gasteiger partial charge in [0.05, 0.1) is 10.6 Å². The molecule has 4 rings (SSSR count). The van der Waals surface area contributed by atoms with Crippen molar-refractivity contribution in [2.24, 2.45) is 0 Å². The first-order valence-electron chi connectivity index (χ1n) is 8.52. The standard InChI is InChI=1S/C19H18N4O2S/c24-18-5-1-2-10-23(18)14-8-6-13(7-9-14)19(25)20-17-12-15(21-22-17)16-4-3-11-26-16/h3-4,6-9,11-12H,1-2,5,10H2,(H2,20,21,22,25). The summed E-state index contributed by atoms with van der Waals surface area (Å²) in [6.07, 6.45) is 2.56. The third kappa shape index (κ3) is 3.39. The molecule has 2 amide bonds. The first kappa shape index (κ1) is 16.5. The summed E-state index contributed by atoms with van der Waals surface area (Å²) in [5.74, 6) is 0.394. The van der Waals surface area contributed by atoms with Gasteiger partial charge in [-0.1, -0.05) is 6.07 Å². The number of nitrogens with one attached hydrogen (secondary N) is 2. The second-order valence-electron chi connectivity index (χ2n) is 6.15. The fourth-order valence-corrected chi connectivity index (χ4v) is 3.70. The summed E-state index contributed by atoms with van der Waals surface area (Å²) >= 11 is 1.60. The van der Waals surface area contributed by atoms with Crippen LogP contribution in [0.15, 0.2) is 47.8 Å². The van der Waals surface area contributed by atoms with Crippen molar-refractivity contribution in [2.75, 3.05) is 16.8 Å². The SMILES string of the molecule is O=C(Nc1cc(-c2cccs2)[nH]n1)c1ccc(N2CCCCC2=O)cc1. The van der Waals surface area contributed by atoms with Crippen LogP contribution in [0.25, 0.3) is 10.6 Å². The number of rotatable bonds is 4. The summed E-state index contributed by atoms with van der Waals surface area (Å²) in [6, 6.07) is 12.9. The molecule has 0 saturated carbocycles. The third-order valence-corrected chi connectivity index (χ3v) is 5.27. The van der Waals surface area contributed by atoms with Crippen LogP contribution in [0.4, 0.5) is 11.5 Å². The Bertz CT molecular complexity index is 915. The zero-order valence-corrected chi connectivity index (χ0v) is 14.9. The van der Waals surface area contributed by atoms with Crippen LogP contribution in [0.2, 0.25) is 0 Å². The first-order valence-corrected chi connectivity index (χ1v) is 9.40. The highest BCUT2D eigenvalue weighted by Gasteiger charge is 2.19. The molecule has 26 heavy (non-hydrogen) atoms. The minimum atomic E-state index is -0.231. The van der Waals surface area contributed by atoms with Crippen molar-refractivity contribution in [3.8, 4) is 10.6 Å². The van der Waals surface area contributed by atoms with E-state index in [0.29, 0.717) is 17.8 Å². The average molecular weight is 366 g/mol. The number of amides is 2. The normalized spacial score (nSPS) is 14.5. The van der Waals surface area contributed by atoms with Crippen LogP contribution in [-0.4, -0.2) is 28.6 Å². The van der Waals surface area contributed by atoms with Gasteiger partial charge in [-0.3, -0.25) is 14.7 Å². The zero-order valence-electron chi connectivity index (χ0n) is 14.1. The zero-order chi connectivity index (χ0) is 17.9. The van der Waals surface area contributed by atoms with Crippen molar-refractivity contribution < 1.29 is 9.59 Å². The van der Waals surface area contributed by atoms with E-state index in [1.165, 1.54) is 0 Å². The van der Waals surface area contributed by atoms with Gasteiger partial charge in [0.25, 0.3) is 5.91 Å². The van der Waals surface area contributed by atoms with Gasteiger partial charge >= 0.3 is 0 Å². The molecule has 1 aromatic carbocycles. The van der Waals surface area contributed by atoms with E-state index in [9.17, 15) is 9.59 Å². The Balaban J connectivity index is 1.44. The van der Waals surface area contributed by atoms with Crippen LogP contribution in [0.5, 0.6) is 0 Å². The molecule has 0 spiro atoms. The van der Waals surface area contributed by atoms with E-state index < -0.39 is 0 Å². The fraction of sp³-hybridized carbons (Fsp3) is 0.211. The van der Waals surface area contributed by atoms with Gasteiger partial charge in [0.2, 0.25) is 5.91 Å². The molecular formula is C19H18N4O2S. The van der Waals surface area contributed by atoms with Gasteiger partial charge in [0.15, 0.2) is 5.82 Å². The summed E-state index contributed by atoms with van der Waals surface area (Å²) < 4.78 is 0. The lowest BCUT2D eigenvalue weighted by atomic mass is 10.1. The number of carbonyl (C=O) groups is 2. The topological polar surface area (TPSA) is 78.1 Å². The maximum atomic E-state index is 12.4. The van der Waals surface area contributed by atoms with Crippen LogP contribution in [-0.2, 0) is 4.79 Å². The number of benzene rings is 1.